The minimum atomic E-state index is 0.386. The van der Waals surface area contributed by atoms with Gasteiger partial charge in [0.05, 0.1) is 18.5 Å². The van der Waals surface area contributed by atoms with Gasteiger partial charge in [0, 0.05) is 16.3 Å². The van der Waals surface area contributed by atoms with Crippen LogP contribution in [0.15, 0.2) is 28.7 Å². The molecule has 4 heteroatoms. The van der Waals surface area contributed by atoms with Gasteiger partial charge < -0.3 is 10.5 Å². The minimum absolute atomic E-state index is 0.386. The Kier molecular flexibility index (Phi) is 4.08. The molecular weight excluding hydrogens is 274 g/mol. The Morgan fingerprint density at radius 3 is 2.87 bits per heavy atom. The van der Waals surface area contributed by atoms with Crippen LogP contribution in [-0.2, 0) is 4.74 Å². The van der Waals surface area contributed by atoms with E-state index < -0.39 is 0 Å². The van der Waals surface area contributed by atoms with E-state index in [-0.39, 0.29) is 0 Å². The minimum Gasteiger partial charge on any atom is -0.379 e. The van der Waals surface area contributed by atoms with Gasteiger partial charge in [0.1, 0.15) is 0 Å². The van der Waals surface area contributed by atoms with E-state index in [1.165, 1.54) is 5.56 Å². The maximum Gasteiger partial charge on any atom is 0.0608 e. The molecule has 2 nitrogen and oxygen atoms in total. The van der Waals surface area contributed by atoms with Gasteiger partial charge in [-0.25, -0.2) is 0 Å². The summed E-state index contributed by atoms with van der Waals surface area (Å²) in [5.74, 6) is 0. The van der Waals surface area contributed by atoms with Crippen molar-refractivity contribution in [3.8, 4) is 0 Å². The zero-order valence-corrected chi connectivity index (χ0v) is 10.8. The number of hydrogen-bond acceptors (Lipinski definition) is 3. The third-order valence-corrected chi connectivity index (χ3v) is 4.34. The Hall–Kier alpha value is -0.0300. The van der Waals surface area contributed by atoms with E-state index in [2.05, 4.69) is 34.1 Å². The summed E-state index contributed by atoms with van der Waals surface area (Å²) in [4.78, 5) is 0. The first kappa shape index (κ1) is 11.5. The van der Waals surface area contributed by atoms with Crippen LogP contribution in [-0.4, -0.2) is 25.0 Å². The number of thioether (sulfide) groups is 1. The second-order valence-electron chi connectivity index (χ2n) is 3.57. The van der Waals surface area contributed by atoms with Gasteiger partial charge >= 0.3 is 0 Å². The van der Waals surface area contributed by atoms with Gasteiger partial charge in [0.25, 0.3) is 0 Å². The lowest BCUT2D eigenvalue weighted by atomic mass is 10.1. The van der Waals surface area contributed by atoms with Crippen LogP contribution < -0.4 is 5.73 Å². The first-order valence-corrected chi connectivity index (χ1v) is 6.72. The molecule has 1 saturated heterocycles. The zero-order valence-electron chi connectivity index (χ0n) is 8.36. The first-order valence-electron chi connectivity index (χ1n) is 4.98. The highest BCUT2D eigenvalue weighted by Gasteiger charge is 2.23. The highest BCUT2D eigenvalue weighted by molar-refractivity contribution is 9.10. The lowest BCUT2D eigenvalue weighted by Crippen LogP contribution is -2.32. The van der Waals surface area contributed by atoms with E-state index >= 15 is 0 Å². The summed E-state index contributed by atoms with van der Waals surface area (Å²) in [6.07, 6.45) is 0. The third kappa shape index (κ3) is 2.97. The molecule has 1 aliphatic rings. The van der Waals surface area contributed by atoms with Crippen molar-refractivity contribution in [3.63, 3.8) is 0 Å². The first-order chi connectivity index (χ1) is 7.29. The van der Waals surface area contributed by atoms with E-state index in [1.54, 1.807) is 0 Å². The SMILES string of the molecule is NCC(SC1COC1)c1cccc(Br)c1. The fourth-order valence-corrected chi connectivity index (χ4v) is 3.15. The molecule has 1 atom stereocenters. The average Bonchev–Trinajstić information content (AvgIpc) is 2.16. The van der Waals surface area contributed by atoms with Gasteiger partial charge in [-0.05, 0) is 17.7 Å². The summed E-state index contributed by atoms with van der Waals surface area (Å²) in [5.41, 5.74) is 7.10. The van der Waals surface area contributed by atoms with Crippen molar-refractivity contribution in [2.24, 2.45) is 5.73 Å². The number of ether oxygens (including phenoxy) is 1. The Morgan fingerprint density at radius 1 is 1.53 bits per heavy atom. The standard InChI is InChI=1S/C11H14BrNOS/c12-9-3-1-2-8(4-9)11(5-13)15-10-6-14-7-10/h1-4,10-11H,5-7,13H2. The van der Waals surface area contributed by atoms with Crippen LogP contribution in [0.25, 0.3) is 0 Å². The van der Waals surface area contributed by atoms with Crippen molar-refractivity contribution in [1.29, 1.82) is 0 Å². The molecular formula is C11H14BrNOS. The van der Waals surface area contributed by atoms with E-state index in [1.807, 2.05) is 17.8 Å². The molecule has 2 rings (SSSR count). The zero-order chi connectivity index (χ0) is 10.7. The molecule has 1 heterocycles. The molecule has 82 valence electrons. The van der Waals surface area contributed by atoms with Gasteiger partial charge in [0.15, 0.2) is 0 Å². The second kappa shape index (κ2) is 5.34. The van der Waals surface area contributed by atoms with Crippen molar-refractivity contribution in [2.45, 2.75) is 10.5 Å². The summed E-state index contributed by atoms with van der Waals surface area (Å²) >= 11 is 5.40. The molecule has 0 aliphatic carbocycles. The maximum absolute atomic E-state index is 5.81. The number of halogens is 1. The smallest absolute Gasteiger partial charge is 0.0608 e. The predicted molar refractivity (Wildman–Crippen MR) is 68.1 cm³/mol. The van der Waals surface area contributed by atoms with Crippen LogP contribution in [0.5, 0.6) is 0 Å². The Morgan fingerprint density at radius 2 is 2.33 bits per heavy atom. The van der Waals surface area contributed by atoms with Crippen LogP contribution in [0, 0.1) is 0 Å². The molecule has 0 saturated carbocycles. The quantitative estimate of drug-likeness (QED) is 0.925. The molecule has 0 spiro atoms. The molecule has 0 aromatic heterocycles. The summed E-state index contributed by atoms with van der Waals surface area (Å²) in [6.45, 7) is 2.42. The van der Waals surface area contributed by atoms with Crippen molar-refractivity contribution in [3.05, 3.63) is 34.3 Å². The van der Waals surface area contributed by atoms with Crippen LogP contribution >= 0.6 is 27.7 Å². The van der Waals surface area contributed by atoms with Crippen molar-refractivity contribution >= 4 is 27.7 Å². The number of benzene rings is 1. The van der Waals surface area contributed by atoms with Gasteiger partial charge in [-0.1, -0.05) is 28.1 Å². The summed E-state index contributed by atoms with van der Waals surface area (Å²) in [7, 11) is 0. The highest BCUT2D eigenvalue weighted by atomic mass is 79.9. The average molecular weight is 288 g/mol. The van der Waals surface area contributed by atoms with Crippen LogP contribution in [0.3, 0.4) is 0 Å². The molecule has 15 heavy (non-hydrogen) atoms. The van der Waals surface area contributed by atoms with E-state index in [0.29, 0.717) is 17.0 Å². The lowest BCUT2D eigenvalue weighted by Gasteiger charge is -2.29. The molecule has 1 unspecified atom stereocenters. The van der Waals surface area contributed by atoms with E-state index in [4.69, 9.17) is 10.5 Å². The number of hydrogen-bond donors (Lipinski definition) is 1. The lowest BCUT2D eigenvalue weighted by molar-refractivity contribution is 0.0453. The molecule has 1 aromatic carbocycles. The van der Waals surface area contributed by atoms with Crippen LogP contribution in [0.4, 0.5) is 0 Å². The second-order valence-corrected chi connectivity index (χ2v) is 6.00. The van der Waals surface area contributed by atoms with E-state index in [9.17, 15) is 0 Å². The summed E-state index contributed by atoms with van der Waals surface area (Å²) < 4.78 is 6.28. The topological polar surface area (TPSA) is 35.2 Å². The van der Waals surface area contributed by atoms with E-state index in [0.717, 1.165) is 17.7 Å². The van der Waals surface area contributed by atoms with Crippen LogP contribution in [0.2, 0.25) is 0 Å². The fraction of sp³-hybridized carbons (Fsp3) is 0.455. The predicted octanol–water partition coefficient (Wildman–Crippen LogP) is 2.58. The largest absolute Gasteiger partial charge is 0.379 e. The third-order valence-electron chi connectivity index (χ3n) is 2.40. The molecule has 2 N–H and O–H groups in total. The fourth-order valence-electron chi connectivity index (χ4n) is 1.50. The molecule has 1 aromatic rings. The van der Waals surface area contributed by atoms with Crippen molar-refractivity contribution in [1.82, 2.24) is 0 Å². The molecule has 1 fully saturated rings. The highest BCUT2D eigenvalue weighted by Crippen LogP contribution is 2.35. The van der Waals surface area contributed by atoms with Gasteiger partial charge in [-0.3, -0.25) is 0 Å². The Balaban J connectivity index is 2.04. The Labute approximate surface area is 103 Å². The molecule has 0 amide bonds. The monoisotopic (exact) mass is 287 g/mol. The van der Waals surface area contributed by atoms with Gasteiger partial charge in [-0.2, -0.15) is 0 Å². The summed E-state index contributed by atoms with van der Waals surface area (Å²) in [5, 5.41) is 1.01. The van der Waals surface area contributed by atoms with Crippen molar-refractivity contribution < 1.29 is 4.74 Å². The Bertz CT molecular complexity index is 330. The van der Waals surface area contributed by atoms with Gasteiger partial charge in [0.2, 0.25) is 0 Å². The van der Waals surface area contributed by atoms with Crippen molar-refractivity contribution in [2.75, 3.05) is 19.8 Å². The molecule has 0 bridgehead atoms. The number of rotatable bonds is 4. The molecule has 0 radical (unpaired) electrons. The maximum atomic E-state index is 5.81. The summed E-state index contributed by atoms with van der Waals surface area (Å²) in [6, 6.07) is 8.37. The van der Waals surface area contributed by atoms with Gasteiger partial charge in [-0.15, -0.1) is 11.8 Å². The van der Waals surface area contributed by atoms with Crippen LogP contribution in [0.1, 0.15) is 10.8 Å². The molecule has 1 aliphatic heterocycles. The number of nitrogens with two attached hydrogens (primary N) is 1. The normalized spacial score (nSPS) is 18.5.